The smallest absolute Gasteiger partial charge is 0.185 e. The molecule has 0 bridgehead atoms. The van der Waals surface area contributed by atoms with Crippen LogP contribution in [0.4, 0.5) is 5.13 Å². The summed E-state index contributed by atoms with van der Waals surface area (Å²) in [6, 6.07) is 0. The highest BCUT2D eigenvalue weighted by atomic mass is 32.1. The van der Waals surface area contributed by atoms with Gasteiger partial charge in [0.15, 0.2) is 5.13 Å². The number of anilines is 1. The number of methoxy groups -OCH3 is 1. The predicted molar refractivity (Wildman–Crippen MR) is 81.0 cm³/mol. The van der Waals surface area contributed by atoms with E-state index in [9.17, 15) is 0 Å². The van der Waals surface area contributed by atoms with Gasteiger partial charge in [-0.25, -0.2) is 4.98 Å². The first-order valence-electron chi connectivity index (χ1n) is 6.52. The second kappa shape index (κ2) is 7.37. The van der Waals surface area contributed by atoms with Crippen molar-refractivity contribution < 1.29 is 4.74 Å². The van der Waals surface area contributed by atoms with Crippen LogP contribution in [0, 0.1) is 0 Å². The molecule has 0 aliphatic rings. The van der Waals surface area contributed by atoms with Gasteiger partial charge in [0.25, 0.3) is 0 Å². The summed E-state index contributed by atoms with van der Waals surface area (Å²) in [5.74, 6) is 0. The summed E-state index contributed by atoms with van der Waals surface area (Å²) in [7, 11) is 5.69. The van der Waals surface area contributed by atoms with Crippen molar-refractivity contribution in [3.05, 3.63) is 29.0 Å². The molecule has 2 aromatic heterocycles. The Morgan fingerprint density at radius 3 is 3.00 bits per heavy atom. The topological polar surface area (TPSA) is 55.2 Å². The molecule has 1 N–H and O–H groups in total. The Morgan fingerprint density at radius 1 is 1.45 bits per heavy atom. The molecule has 0 atom stereocenters. The summed E-state index contributed by atoms with van der Waals surface area (Å²) < 4.78 is 6.82. The van der Waals surface area contributed by atoms with Crippen LogP contribution in [0.25, 0.3) is 0 Å². The van der Waals surface area contributed by atoms with Gasteiger partial charge in [-0.1, -0.05) is 0 Å². The molecule has 0 fully saturated rings. The van der Waals surface area contributed by atoms with E-state index in [1.54, 1.807) is 18.4 Å². The molecule has 0 radical (unpaired) electrons. The maximum absolute atomic E-state index is 5.00. The van der Waals surface area contributed by atoms with Crippen LogP contribution in [0.5, 0.6) is 0 Å². The zero-order chi connectivity index (χ0) is 14.4. The molecule has 20 heavy (non-hydrogen) atoms. The lowest BCUT2D eigenvalue weighted by Crippen LogP contribution is -2.17. The Labute approximate surface area is 123 Å². The molecule has 0 saturated heterocycles. The molecule has 2 rings (SSSR count). The minimum atomic E-state index is 0.729. The Hall–Kier alpha value is -1.44. The Balaban J connectivity index is 1.84. The number of nitrogens with one attached hydrogen (secondary N) is 1. The average Bonchev–Trinajstić information content (AvgIpc) is 3.04. The fourth-order valence-corrected chi connectivity index (χ4v) is 2.68. The monoisotopic (exact) mass is 295 g/mol. The zero-order valence-electron chi connectivity index (χ0n) is 12.2. The van der Waals surface area contributed by atoms with Gasteiger partial charge in [-0.3, -0.25) is 4.68 Å². The molecule has 2 heterocycles. The van der Waals surface area contributed by atoms with Crippen LogP contribution in [-0.4, -0.2) is 42.1 Å². The van der Waals surface area contributed by atoms with Gasteiger partial charge in [-0.2, -0.15) is 5.10 Å². The van der Waals surface area contributed by atoms with E-state index < -0.39 is 0 Å². The molecule has 0 aliphatic carbocycles. The van der Waals surface area contributed by atoms with Crippen LogP contribution in [0.1, 0.15) is 10.4 Å². The van der Waals surface area contributed by atoms with Crippen LogP contribution in [-0.2, 0) is 24.9 Å². The highest BCUT2D eigenvalue weighted by Gasteiger charge is 2.08. The van der Waals surface area contributed by atoms with E-state index in [4.69, 9.17) is 4.74 Å². The summed E-state index contributed by atoms with van der Waals surface area (Å²) in [5.41, 5.74) is 1.19. The highest BCUT2D eigenvalue weighted by molar-refractivity contribution is 7.15. The molecule has 0 aliphatic heterocycles. The van der Waals surface area contributed by atoms with Gasteiger partial charge in [-0.15, -0.1) is 11.3 Å². The Bertz CT molecular complexity index is 524. The minimum Gasteiger partial charge on any atom is -0.383 e. The van der Waals surface area contributed by atoms with Crippen molar-refractivity contribution in [2.75, 3.05) is 32.2 Å². The largest absolute Gasteiger partial charge is 0.383 e. The molecule has 0 aromatic carbocycles. The Morgan fingerprint density at radius 2 is 2.30 bits per heavy atom. The van der Waals surface area contributed by atoms with Crippen LogP contribution < -0.4 is 10.2 Å². The predicted octanol–water partition coefficient (Wildman–Crippen LogP) is 1.25. The summed E-state index contributed by atoms with van der Waals surface area (Å²) >= 11 is 1.71. The van der Waals surface area contributed by atoms with Crippen LogP contribution >= 0.6 is 11.3 Å². The van der Waals surface area contributed by atoms with E-state index in [0.29, 0.717) is 0 Å². The number of ether oxygens (including phenoxy) is 1. The number of aromatic nitrogens is 3. The van der Waals surface area contributed by atoms with Gasteiger partial charge in [0.05, 0.1) is 12.8 Å². The van der Waals surface area contributed by atoms with E-state index in [2.05, 4.69) is 20.3 Å². The number of aryl methyl sites for hydroxylation is 1. The second-order valence-corrected chi connectivity index (χ2v) is 5.75. The van der Waals surface area contributed by atoms with Crippen LogP contribution in [0.15, 0.2) is 18.6 Å². The fraction of sp³-hybridized carbons (Fsp3) is 0.538. The van der Waals surface area contributed by atoms with E-state index >= 15 is 0 Å². The zero-order valence-corrected chi connectivity index (χ0v) is 13.0. The molecule has 7 heteroatoms. The normalized spacial score (nSPS) is 10.9. The lowest BCUT2D eigenvalue weighted by atomic mass is 10.3. The SMILES string of the molecule is COCCNCc1cnc(N(C)Cc2cnn(C)c2)s1. The van der Waals surface area contributed by atoms with Crippen molar-refractivity contribution in [3.63, 3.8) is 0 Å². The van der Waals surface area contributed by atoms with Gasteiger partial charge >= 0.3 is 0 Å². The summed E-state index contributed by atoms with van der Waals surface area (Å²) in [6.07, 6.45) is 5.84. The van der Waals surface area contributed by atoms with Gasteiger partial charge in [-0.05, 0) is 0 Å². The maximum atomic E-state index is 5.00. The van der Waals surface area contributed by atoms with Crippen molar-refractivity contribution in [3.8, 4) is 0 Å². The van der Waals surface area contributed by atoms with E-state index in [1.807, 2.05) is 37.4 Å². The van der Waals surface area contributed by atoms with Crippen LogP contribution in [0.3, 0.4) is 0 Å². The molecular formula is C13H21N5OS. The van der Waals surface area contributed by atoms with Gasteiger partial charge in [0.1, 0.15) is 0 Å². The van der Waals surface area contributed by atoms with Crippen molar-refractivity contribution >= 4 is 16.5 Å². The summed E-state index contributed by atoms with van der Waals surface area (Å²) in [6.45, 7) is 3.24. The van der Waals surface area contributed by atoms with Gasteiger partial charge in [0, 0.05) is 63.7 Å². The first-order valence-corrected chi connectivity index (χ1v) is 7.33. The van der Waals surface area contributed by atoms with Crippen molar-refractivity contribution in [2.24, 2.45) is 7.05 Å². The lowest BCUT2D eigenvalue weighted by molar-refractivity contribution is 0.199. The number of thiazole rings is 1. The minimum absolute atomic E-state index is 0.729. The lowest BCUT2D eigenvalue weighted by Gasteiger charge is -2.13. The molecule has 110 valence electrons. The van der Waals surface area contributed by atoms with Crippen molar-refractivity contribution in [1.29, 1.82) is 0 Å². The van der Waals surface area contributed by atoms with Crippen LogP contribution in [0.2, 0.25) is 0 Å². The average molecular weight is 295 g/mol. The van der Waals surface area contributed by atoms with Crippen molar-refractivity contribution in [2.45, 2.75) is 13.1 Å². The third kappa shape index (κ3) is 4.29. The van der Waals surface area contributed by atoms with E-state index in [1.165, 1.54) is 10.4 Å². The standard InChI is InChI=1S/C13H21N5OS/c1-17(9-11-6-16-18(2)10-11)13-15-8-12(20-13)7-14-4-5-19-3/h6,8,10,14H,4-5,7,9H2,1-3H3. The number of hydrogen-bond donors (Lipinski definition) is 1. The summed E-state index contributed by atoms with van der Waals surface area (Å²) in [4.78, 5) is 7.83. The first kappa shape index (κ1) is 15.0. The molecule has 0 unspecified atom stereocenters. The third-order valence-corrected chi connectivity index (χ3v) is 3.94. The van der Waals surface area contributed by atoms with E-state index in [0.717, 1.165) is 31.4 Å². The van der Waals surface area contributed by atoms with Gasteiger partial charge in [0.2, 0.25) is 0 Å². The van der Waals surface area contributed by atoms with Crippen molar-refractivity contribution in [1.82, 2.24) is 20.1 Å². The third-order valence-electron chi connectivity index (χ3n) is 2.83. The molecular weight excluding hydrogens is 274 g/mol. The molecule has 6 nitrogen and oxygen atoms in total. The van der Waals surface area contributed by atoms with Gasteiger partial charge < -0.3 is 15.0 Å². The number of hydrogen-bond acceptors (Lipinski definition) is 6. The first-order chi connectivity index (χ1) is 9.69. The molecule has 0 spiro atoms. The number of rotatable bonds is 8. The Kier molecular flexibility index (Phi) is 5.51. The quantitative estimate of drug-likeness (QED) is 0.743. The molecule has 0 saturated carbocycles. The highest BCUT2D eigenvalue weighted by Crippen LogP contribution is 2.22. The fourth-order valence-electron chi connectivity index (χ4n) is 1.84. The van der Waals surface area contributed by atoms with E-state index in [-0.39, 0.29) is 0 Å². The number of nitrogens with zero attached hydrogens (tertiary/aromatic N) is 4. The molecule has 0 amide bonds. The molecule has 2 aromatic rings. The summed E-state index contributed by atoms with van der Waals surface area (Å²) in [5, 5.41) is 8.52. The maximum Gasteiger partial charge on any atom is 0.185 e. The second-order valence-electron chi connectivity index (χ2n) is 4.66.